The second-order valence-electron chi connectivity index (χ2n) is 14.5. The van der Waals surface area contributed by atoms with E-state index >= 15 is 0 Å². The maximum atomic E-state index is 13.0. The van der Waals surface area contributed by atoms with Crippen LogP contribution in [0, 0.1) is 0 Å². The van der Waals surface area contributed by atoms with Gasteiger partial charge in [-0.15, -0.1) is 0 Å². The number of hydrazone groups is 2. The van der Waals surface area contributed by atoms with Gasteiger partial charge < -0.3 is 34.6 Å². The van der Waals surface area contributed by atoms with Gasteiger partial charge in [-0.3, -0.25) is 15.6 Å². The van der Waals surface area contributed by atoms with E-state index in [4.69, 9.17) is 38.6 Å². The van der Waals surface area contributed by atoms with Crippen LogP contribution in [0.4, 0.5) is 9.59 Å². The molecule has 0 unspecified atom stereocenters. The van der Waals surface area contributed by atoms with Crippen LogP contribution in [-0.4, -0.2) is 106 Å². The molecule has 0 saturated carbocycles. The molecule has 16 heteroatoms. The highest BCUT2D eigenvalue weighted by atomic mass is 32.1. The summed E-state index contributed by atoms with van der Waals surface area (Å²) in [5.41, 5.74) is 4.94. The van der Waals surface area contributed by atoms with Gasteiger partial charge >= 0.3 is 18.2 Å². The molecule has 0 bridgehead atoms. The summed E-state index contributed by atoms with van der Waals surface area (Å²) in [5, 5.41) is 15.0. The zero-order valence-electron chi connectivity index (χ0n) is 31.8. The lowest BCUT2D eigenvalue weighted by atomic mass is 10.2. The lowest BCUT2D eigenvalue weighted by Crippen LogP contribution is -2.40. The first-order valence-electron chi connectivity index (χ1n) is 16.8. The molecule has 0 rings (SSSR count). The number of carbonyl (C=O) groups excluding carboxylic acids is 3. The first kappa shape index (κ1) is 45.7. The zero-order valence-corrected chi connectivity index (χ0v) is 33.5. The number of rotatable bonds is 17. The summed E-state index contributed by atoms with van der Waals surface area (Å²) in [6, 6.07) is 0. The molecule has 0 spiro atoms. The molecule has 0 aliphatic carbocycles. The largest absolute Gasteiger partial charge is 0.460 e. The van der Waals surface area contributed by atoms with Crippen molar-refractivity contribution in [3.63, 3.8) is 0 Å². The maximum Gasteiger partial charge on any atom is 0.410 e. The molecule has 0 aromatic carbocycles. The minimum absolute atomic E-state index is 0.254. The van der Waals surface area contributed by atoms with Crippen LogP contribution in [0.5, 0.6) is 0 Å². The summed E-state index contributed by atoms with van der Waals surface area (Å²) in [7, 11) is 1.70. The Morgan fingerprint density at radius 3 is 1.41 bits per heavy atom. The summed E-state index contributed by atoms with van der Waals surface area (Å²) in [6.07, 6.45) is 2.61. The van der Waals surface area contributed by atoms with E-state index in [1.807, 2.05) is 62.3 Å². The second kappa shape index (κ2) is 22.4. The Balaban J connectivity index is 5.09. The smallest absolute Gasteiger partial charge is 0.410 e. The molecule has 0 aliphatic heterocycles. The van der Waals surface area contributed by atoms with Gasteiger partial charge in [0.25, 0.3) is 0 Å². The van der Waals surface area contributed by atoms with Gasteiger partial charge in [0, 0.05) is 46.2 Å². The van der Waals surface area contributed by atoms with E-state index in [0.29, 0.717) is 86.5 Å². The SMILES string of the molecule is CNC(=S)N/N=C(C)/C(C)=N/NC(=S)NCCCN(CCCCN(CCCCC(=O)OC(C)(C)C)C(=O)OC(C)(C)C)C(=O)OC(C)(C)C. The summed E-state index contributed by atoms with van der Waals surface area (Å²) in [4.78, 5) is 41.4. The van der Waals surface area contributed by atoms with Gasteiger partial charge in [0.15, 0.2) is 10.2 Å². The van der Waals surface area contributed by atoms with E-state index in [0.717, 1.165) is 0 Å². The van der Waals surface area contributed by atoms with Crippen molar-refractivity contribution in [3.05, 3.63) is 0 Å². The van der Waals surface area contributed by atoms with Gasteiger partial charge in [-0.05, 0) is 133 Å². The number of nitrogens with one attached hydrogen (secondary N) is 4. The second-order valence-corrected chi connectivity index (χ2v) is 15.3. The molecule has 0 aromatic heterocycles. The summed E-state index contributed by atoms with van der Waals surface area (Å²) < 4.78 is 16.7. The van der Waals surface area contributed by atoms with Crippen molar-refractivity contribution in [2.24, 2.45) is 10.2 Å². The van der Waals surface area contributed by atoms with E-state index in [1.165, 1.54) is 0 Å². The third kappa shape index (κ3) is 25.4. The number of nitrogens with zero attached hydrogens (tertiary/aromatic N) is 4. The van der Waals surface area contributed by atoms with E-state index in [9.17, 15) is 14.4 Å². The van der Waals surface area contributed by atoms with E-state index < -0.39 is 29.0 Å². The predicted molar refractivity (Wildman–Crippen MR) is 204 cm³/mol. The quantitative estimate of drug-likeness (QED) is 0.0375. The van der Waals surface area contributed by atoms with Gasteiger partial charge in [-0.2, -0.15) is 10.2 Å². The molecule has 0 aromatic rings. The number of ether oxygens (including phenoxy) is 3. The topological polar surface area (TPSA) is 158 Å². The standard InChI is InChI=1S/C33H62N8O6S2/c1-24(36-38-27(48)34-12)25(2)37-39-28(49)35-19-17-23-41(30(44)47-33(9,10)11)22-16-15-21-40(29(43)46-32(6,7)8)20-14-13-18-26(42)45-31(3,4)5/h13-23H2,1-12H3,(H2,34,38,48)(H2,35,39,49)/b36-24+,37-25+. The first-order valence-corrected chi connectivity index (χ1v) is 17.6. The van der Waals surface area contributed by atoms with Crippen LogP contribution in [0.1, 0.15) is 115 Å². The number of amides is 2. The van der Waals surface area contributed by atoms with Crippen molar-refractivity contribution in [3.8, 4) is 0 Å². The monoisotopic (exact) mass is 730 g/mol. The molecule has 0 atom stereocenters. The molecule has 0 aliphatic rings. The fraction of sp³-hybridized carbons (Fsp3) is 0.788. The van der Waals surface area contributed by atoms with Crippen LogP contribution in [0.2, 0.25) is 0 Å². The van der Waals surface area contributed by atoms with E-state index in [-0.39, 0.29) is 12.4 Å². The average molecular weight is 731 g/mol. The number of hydrogen-bond donors (Lipinski definition) is 4. The molecule has 0 fully saturated rings. The Hall–Kier alpha value is -3.27. The third-order valence-electron chi connectivity index (χ3n) is 6.18. The molecule has 0 saturated heterocycles. The number of esters is 1. The van der Waals surface area contributed by atoms with Crippen LogP contribution < -0.4 is 21.5 Å². The van der Waals surface area contributed by atoms with Gasteiger partial charge in [-0.25, -0.2) is 9.59 Å². The number of thiocarbonyl (C=S) groups is 2. The normalized spacial score (nSPS) is 12.4. The van der Waals surface area contributed by atoms with Crippen LogP contribution >= 0.6 is 24.4 Å². The van der Waals surface area contributed by atoms with E-state index in [2.05, 4.69) is 31.7 Å². The number of carbonyl (C=O) groups is 3. The first-order chi connectivity index (χ1) is 22.5. The van der Waals surface area contributed by atoms with Gasteiger partial charge in [-0.1, -0.05) is 0 Å². The lowest BCUT2D eigenvalue weighted by molar-refractivity contribution is -0.154. The Morgan fingerprint density at radius 2 is 1.00 bits per heavy atom. The van der Waals surface area contributed by atoms with Gasteiger partial charge in [0.2, 0.25) is 0 Å². The van der Waals surface area contributed by atoms with Crippen LogP contribution in [0.3, 0.4) is 0 Å². The molecule has 14 nitrogen and oxygen atoms in total. The Kier molecular flexibility index (Phi) is 20.9. The third-order valence-corrected chi connectivity index (χ3v) is 6.71. The molecule has 0 heterocycles. The average Bonchev–Trinajstić information content (AvgIpc) is 2.95. The van der Waals surface area contributed by atoms with Gasteiger partial charge in [0.05, 0.1) is 11.4 Å². The fourth-order valence-corrected chi connectivity index (χ4v) is 4.00. The van der Waals surface area contributed by atoms with E-state index in [1.54, 1.807) is 30.7 Å². The fourth-order valence-electron chi connectivity index (χ4n) is 3.81. The number of unbranched alkanes of at least 4 members (excludes halogenated alkanes) is 2. The van der Waals surface area contributed by atoms with Crippen molar-refractivity contribution >= 4 is 64.2 Å². The number of hydrogen-bond acceptors (Lipinski definition) is 10. The highest BCUT2D eigenvalue weighted by Crippen LogP contribution is 2.15. The molecule has 2 amide bonds. The molecule has 4 N–H and O–H groups in total. The summed E-state index contributed by atoms with van der Waals surface area (Å²) in [5.74, 6) is -0.254. The van der Waals surface area contributed by atoms with Crippen LogP contribution in [0.15, 0.2) is 10.2 Å². The maximum absolute atomic E-state index is 13.0. The van der Waals surface area contributed by atoms with Crippen LogP contribution in [-0.2, 0) is 19.0 Å². The molecule has 49 heavy (non-hydrogen) atoms. The molecule has 0 radical (unpaired) electrons. The van der Waals surface area contributed by atoms with Crippen LogP contribution in [0.25, 0.3) is 0 Å². The van der Waals surface area contributed by atoms with Crippen molar-refractivity contribution in [1.82, 2.24) is 31.3 Å². The summed E-state index contributed by atoms with van der Waals surface area (Å²) >= 11 is 10.3. The van der Waals surface area contributed by atoms with Crippen molar-refractivity contribution in [2.75, 3.05) is 39.8 Å². The van der Waals surface area contributed by atoms with Crippen molar-refractivity contribution in [2.45, 2.75) is 131 Å². The minimum Gasteiger partial charge on any atom is -0.460 e. The Morgan fingerprint density at radius 1 is 0.612 bits per heavy atom. The lowest BCUT2D eigenvalue weighted by Gasteiger charge is -2.29. The molecular formula is C33H62N8O6S2. The minimum atomic E-state index is -0.642. The molecular weight excluding hydrogens is 669 g/mol. The predicted octanol–water partition coefficient (Wildman–Crippen LogP) is 5.45. The Labute approximate surface area is 304 Å². The highest BCUT2D eigenvalue weighted by Gasteiger charge is 2.24. The zero-order chi connectivity index (χ0) is 37.8. The summed E-state index contributed by atoms with van der Waals surface area (Å²) in [6.45, 7) is 22.3. The van der Waals surface area contributed by atoms with Gasteiger partial charge in [0.1, 0.15) is 16.8 Å². The Bertz CT molecular complexity index is 1140. The van der Waals surface area contributed by atoms with Crippen molar-refractivity contribution in [1.29, 1.82) is 0 Å². The highest BCUT2D eigenvalue weighted by molar-refractivity contribution is 7.80. The van der Waals surface area contributed by atoms with Crippen molar-refractivity contribution < 1.29 is 28.6 Å². The molecule has 282 valence electrons.